The van der Waals surface area contributed by atoms with Crippen LogP contribution in [0.1, 0.15) is 46.6 Å². The van der Waals surface area contributed by atoms with Crippen LogP contribution < -0.4 is 10.5 Å². The minimum Gasteiger partial charge on any atom is -0.463 e. The van der Waals surface area contributed by atoms with Gasteiger partial charge in [-0.25, -0.2) is 18.7 Å². The lowest BCUT2D eigenvalue weighted by Crippen LogP contribution is -2.35. The standard InChI is InChI=1S/C25H21F2N5O2/c1-3-4-7-34-23-14-30-21(13-31-23)22(33)9-15-5-6-19(26)18(8-15)25(2)10-16-17(24(28)32-25)11-29-12-20(16)27/h5-6,8,11-14H,7,9-10H2,1-2H3,(H2,28,32). The number of carbonyl (C=O) groups excluding carboxylic acids is 1. The van der Waals surface area contributed by atoms with Crippen LogP contribution in [0.15, 0.2) is 48.0 Å². The van der Waals surface area contributed by atoms with Gasteiger partial charge in [0.05, 0.1) is 24.1 Å². The second-order valence-corrected chi connectivity index (χ2v) is 7.96. The first kappa shape index (κ1) is 23.0. The molecule has 34 heavy (non-hydrogen) atoms. The predicted molar refractivity (Wildman–Crippen MR) is 121 cm³/mol. The van der Waals surface area contributed by atoms with E-state index in [2.05, 4.69) is 31.8 Å². The Morgan fingerprint density at radius 1 is 1.18 bits per heavy atom. The molecule has 1 atom stereocenters. The van der Waals surface area contributed by atoms with E-state index in [1.54, 1.807) is 19.9 Å². The first-order valence-electron chi connectivity index (χ1n) is 10.5. The van der Waals surface area contributed by atoms with Crippen LogP contribution in [0.5, 0.6) is 5.88 Å². The molecule has 172 valence electrons. The summed E-state index contributed by atoms with van der Waals surface area (Å²) < 4.78 is 34.6. The number of Topliss-reactive ketones (excluding diaryl/α,β-unsaturated/α-hetero) is 1. The maximum Gasteiger partial charge on any atom is 0.233 e. The third-order valence-electron chi connectivity index (χ3n) is 5.53. The molecular weight excluding hydrogens is 440 g/mol. The van der Waals surface area contributed by atoms with E-state index in [0.29, 0.717) is 16.7 Å². The molecule has 0 saturated heterocycles. The molecule has 7 nitrogen and oxygen atoms in total. The summed E-state index contributed by atoms with van der Waals surface area (Å²) in [4.78, 5) is 29.2. The van der Waals surface area contributed by atoms with Crippen LogP contribution in [-0.2, 0) is 18.4 Å². The van der Waals surface area contributed by atoms with Gasteiger partial charge in [0.1, 0.15) is 23.2 Å². The Morgan fingerprint density at radius 2 is 2.00 bits per heavy atom. The summed E-state index contributed by atoms with van der Waals surface area (Å²) in [6.45, 7) is 3.55. The molecule has 1 aliphatic heterocycles. The fourth-order valence-electron chi connectivity index (χ4n) is 3.82. The third kappa shape index (κ3) is 4.62. The van der Waals surface area contributed by atoms with E-state index < -0.39 is 17.2 Å². The average molecular weight is 461 g/mol. The highest BCUT2D eigenvalue weighted by molar-refractivity contribution is 6.00. The fourth-order valence-corrected chi connectivity index (χ4v) is 3.82. The van der Waals surface area contributed by atoms with Gasteiger partial charge in [0.25, 0.3) is 0 Å². The molecule has 3 aromatic rings. The van der Waals surface area contributed by atoms with E-state index in [-0.39, 0.29) is 48.2 Å². The van der Waals surface area contributed by atoms with Gasteiger partial charge in [-0.1, -0.05) is 12.0 Å². The molecule has 0 aliphatic carbocycles. The Bertz CT molecular complexity index is 1350. The highest BCUT2D eigenvalue weighted by Gasteiger charge is 2.36. The molecule has 9 heteroatoms. The predicted octanol–water partition coefficient (Wildman–Crippen LogP) is 3.15. The summed E-state index contributed by atoms with van der Waals surface area (Å²) in [5.41, 5.74) is 6.55. The van der Waals surface area contributed by atoms with Crippen molar-refractivity contribution in [2.24, 2.45) is 10.7 Å². The van der Waals surface area contributed by atoms with Gasteiger partial charge in [0.2, 0.25) is 5.88 Å². The van der Waals surface area contributed by atoms with Gasteiger partial charge in [-0.15, -0.1) is 5.92 Å². The number of carbonyl (C=O) groups is 1. The van der Waals surface area contributed by atoms with Crippen molar-refractivity contribution in [3.05, 3.63) is 82.6 Å². The number of halogens is 2. The van der Waals surface area contributed by atoms with Gasteiger partial charge in [0.15, 0.2) is 12.4 Å². The van der Waals surface area contributed by atoms with Crippen LogP contribution in [0, 0.1) is 23.5 Å². The molecule has 0 bridgehead atoms. The Balaban J connectivity index is 1.57. The van der Waals surface area contributed by atoms with Crippen molar-refractivity contribution >= 4 is 11.6 Å². The van der Waals surface area contributed by atoms with Crippen molar-refractivity contribution in [1.82, 2.24) is 15.0 Å². The molecule has 0 spiro atoms. The van der Waals surface area contributed by atoms with Crippen molar-refractivity contribution in [1.29, 1.82) is 0 Å². The van der Waals surface area contributed by atoms with Crippen LogP contribution >= 0.6 is 0 Å². The van der Waals surface area contributed by atoms with Gasteiger partial charge >= 0.3 is 0 Å². The summed E-state index contributed by atoms with van der Waals surface area (Å²) in [5.74, 6) is 4.43. The monoisotopic (exact) mass is 461 g/mol. The number of ether oxygens (including phenoxy) is 1. The van der Waals surface area contributed by atoms with Crippen molar-refractivity contribution in [2.75, 3.05) is 6.61 Å². The van der Waals surface area contributed by atoms with Crippen molar-refractivity contribution in [3.8, 4) is 17.7 Å². The minimum atomic E-state index is -1.15. The van der Waals surface area contributed by atoms with E-state index in [1.165, 1.54) is 30.7 Å². The average Bonchev–Trinajstić information content (AvgIpc) is 2.81. The number of nitrogens with two attached hydrogens (primary N) is 1. The molecule has 3 heterocycles. The SMILES string of the molecule is CC#CCOc1cnc(C(=O)Cc2ccc(F)c(C3(C)Cc4c(F)cncc4C(N)=N3)c2)cn1. The van der Waals surface area contributed by atoms with Gasteiger partial charge < -0.3 is 10.5 Å². The third-order valence-corrected chi connectivity index (χ3v) is 5.53. The van der Waals surface area contributed by atoms with Crippen molar-refractivity contribution in [2.45, 2.75) is 32.2 Å². The number of pyridine rings is 1. The number of nitrogens with zero attached hydrogens (tertiary/aromatic N) is 4. The minimum absolute atomic E-state index is 0.0341. The van der Waals surface area contributed by atoms with Crippen LogP contribution in [0.4, 0.5) is 8.78 Å². The van der Waals surface area contributed by atoms with Gasteiger partial charge in [-0.3, -0.25) is 14.8 Å². The normalized spacial score (nSPS) is 16.6. The first-order chi connectivity index (χ1) is 16.3. The van der Waals surface area contributed by atoms with E-state index in [1.807, 2.05) is 0 Å². The molecule has 2 aromatic heterocycles. The number of amidine groups is 1. The lowest BCUT2D eigenvalue weighted by molar-refractivity contribution is 0.0987. The number of fused-ring (bicyclic) bond motifs is 1. The van der Waals surface area contributed by atoms with Gasteiger partial charge in [-0.05, 0) is 31.5 Å². The Labute approximate surface area is 195 Å². The number of hydrogen-bond donors (Lipinski definition) is 1. The quantitative estimate of drug-likeness (QED) is 0.447. The van der Waals surface area contributed by atoms with Crippen LogP contribution in [0.3, 0.4) is 0 Å². The summed E-state index contributed by atoms with van der Waals surface area (Å²) in [7, 11) is 0. The summed E-state index contributed by atoms with van der Waals surface area (Å²) in [6, 6.07) is 4.34. The van der Waals surface area contributed by atoms with Crippen LogP contribution in [-0.4, -0.2) is 33.2 Å². The molecule has 1 aliphatic rings. The largest absolute Gasteiger partial charge is 0.463 e. The summed E-state index contributed by atoms with van der Waals surface area (Å²) in [5, 5.41) is 0. The lowest BCUT2D eigenvalue weighted by atomic mass is 9.81. The zero-order valence-electron chi connectivity index (χ0n) is 18.6. The number of hydrogen-bond acceptors (Lipinski definition) is 7. The molecule has 0 amide bonds. The number of ketones is 1. The number of rotatable bonds is 6. The van der Waals surface area contributed by atoms with Crippen molar-refractivity contribution < 1.29 is 18.3 Å². The first-order valence-corrected chi connectivity index (χ1v) is 10.5. The summed E-state index contributed by atoms with van der Waals surface area (Å²) in [6.07, 6.45) is 5.27. The van der Waals surface area contributed by atoms with Crippen molar-refractivity contribution in [3.63, 3.8) is 0 Å². The molecule has 4 rings (SSSR count). The fraction of sp³-hybridized carbons (Fsp3) is 0.240. The second-order valence-electron chi connectivity index (χ2n) is 7.96. The molecule has 1 unspecified atom stereocenters. The van der Waals surface area contributed by atoms with E-state index in [0.717, 1.165) is 6.20 Å². The Hall–Kier alpha value is -4.19. The number of aromatic nitrogens is 3. The van der Waals surface area contributed by atoms with Gasteiger partial charge in [-0.2, -0.15) is 0 Å². The van der Waals surface area contributed by atoms with Crippen LogP contribution in [0.2, 0.25) is 0 Å². The molecule has 0 radical (unpaired) electrons. The highest BCUT2D eigenvalue weighted by Crippen LogP contribution is 2.37. The zero-order valence-corrected chi connectivity index (χ0v) is 18.6. The Kier molecular flexibility index (Phi) is 6.32. The Morgan fingerprint density at radius 3 is 2.74 bits per heavy atom. The smallest absolute Gasteiger partial charge is 0.233 e. The molecular formula is C25H21F2N5O2. The lowest BCUT2D eigenvalue weighted by Gasteiger charge is -2.32. The van der Waals surface area contributed by atoms with Crippen LogP contribution in [0.25, 0.3) is 0 Å². The second kappa shape index (κ2) is 9.35. The summed E-state index contributed by atoms with van der Waals surface area (Å²) >= 11 is 0. The number of aliphatic imine (C=N–C) groups is 1. The maximum absolute atomic E-state index is 14.9. The van der Waals surface area contributed by atoms with Gasteiger partial charge in [0, 0.05) is 35.7 Å². The van der Waals surface area contributed by atoms with E-state index in [4.69, 9.17) is 10.5 Å². The van der Waals surface area contributed by atoms with E-state index in [9.17, 15) is 13.6 Å². The topological polar surface area (TPSA) is 103 Å². The highest BCUT2D eigenvalue weighted by atomic mass is 19.1. The molecule has 2 N–H and O–H groups in total. The molecule has 0 fully saturated rings. The molecule has 0 saturated carbocycles. The van der Waals surface area contributed by atoms with E-state index >= 15 is 0 Å². The molecule has 1 aromatic carbocycles. The number of benzene rings is 1. The zero-order chi connectivity index (χ0) is 24.3. The maximum atomic E-state index is 14.9.